The Balaban J connectivity index is -0.00000110. The first-order valence-corrected chi connectivity index (χ1v) is 31.0. The molecule has 6 aromatic carbocycles. The molecule has 0 heterocycles. The minimum Gasteiger partial charge on any atom is -0.508 e. The van der Waals surface area contributed by atoms with E-state index in [2.05, 4.69) is 13.8 Å². The van der Waals surface area contributed by atoms with Gasteiger partial charge in [-0.05, 0) is 92.9 Å². The average Bonchev–Trinajstić information content (AvgIpc) is 0.823. The number of aromatic hydroxyl groups is 5. The number of carboxylic acids is 8. The lowest BCUT2D eigenvalue weighted by atomic mass is 10.1. The van der Waals surface area contributed by atoms with Crippen molar-refractivity contribution in [1.29, 1.82) is 0 Å². The lowest BCUT2D eigenvalue weighted by Crippen LogP contribution is -2.02. The standard InChI is InChI=1S/C13H26O2.C11H22O2.C8H7NO5.C8H8O2.C7H4N2O7.C7H5NO5.2C7H6O3.CH4/c1-2-3-4-5-6-7-8-9-10-11-12-13(14)15;1-2-3-4-5-6-7-8-9-10-11(12)13;1-4-2-5(8(11)12)7(10)6(3-4)9(13)14;1-6-2-4-7(5-3-6)8(9)10;10-6-4(7(11)12)1-3(8(13)14)2-5(6)9(15)16;9-6-2-1-4(7(10)11)3-5(6)8(12)13;8-6-3-1-2-5(4-6)7(9)10;8-6-4-2-1-3-5(6)7(9)10;/h2-12H2,1H3,(H,14,15);2-10H2,1H3,(H,12,13);2-3,10H,1H3,(H,11,12);2-5H,1H3,(H,9,10);1-2,10H,(H,11,12);1-3,9H,(H,10,11);2*1-4,8H,(H,9,10);1H4. The second kappa shape index (κ2) is 52.8. The summed E-state index contributed by atoms with van der Waals surface area (Å²) >= 11 is 0. The summed E-state index contributed by atoms with van der Waals surface area (Å²) < 4.78 is 0. The molecule has 13 N–H and O–H groups in total. The SMILES string of the molecule is C.CCCCCCCCCCC(=O)O.CCCCCCCCCCCCC(=O)O.Cc1cc(C(=O)O)c(O)c([N+](=O)[O-])c1.Cc1ccc(C(=O)O)cc1.O=C(O)c1cc([N+](=O)[O-])cc([N+](=O)[O-])c1O.O=C(O)c1ccc(O)c([N+](=O)[O-])c1.O=C(O)c1cccc(O)c1.O=C(O)c1ccccc1O. The Morgan fingerprint density at radius 3 is 1.05 bits per heavy atom. The van der Waals surface area contributed by atoms with Gasteiger partial charge in [-0.3, -0.25) is 50.0 Å². The summed E-state index contributed by atoms with van der Waals surface area (Å²) in [5.41, 5.74) is -2.73. The van der Waals surface area contributed by atoms with Crippen molar-refractivity contribution in [2.45, 2.75) is 164 Å². The highest BCUT2D eigenvalue weighted by Crippen LogP contribution is 2.35. The summed E-state index contributed by atoms with van der Waals surface area (Å²) in [6.45, 7) is 7.89. The molecule has 0 aliphatic heterocycles. The Morgan fingerprint density at radius 1 is 0.333 bits per heavy atom. The molecular formula is C69H88N4O29. The Kier molecular flexibility index (Phi) is 48.5. The number of hydrogen-bond acceptors (Lipinski definition) is 21. The normalized spacial score (nSPS) is 9.65. The van der Waals surface area contributed by atoms with Crippen molar-refractivity contribution < 1.29 is 124 Å². The number of rotatable bonds is 30. The van der Waals surface area contributed by atoms with E-state index in [-0.39, 0.29) is 35.6 Å². The van der Waals surface area contributed by atoms with Gasteiger partial charge in [0, 0.05) is 31.0 Å². The molecule has 0 aliphatic rings. The lowest BCUT2D eigenvalue weighted by molar-refractivity contribution is -0.394. The van der Waals surface area contributed by atoms with Crippen molar-refractivity contribution in [2.75, 3.05) is 0 Å². The third-order valence-electron chi connectivity index (χ3n) is 13.3. The van der Waals surface area contributed by atoms with Gasteiger partial charge in [0.05, 0.1) is 42.4 Å². The summed E-state index contributed by atoms with van der Waals surface area (Å²) in [5, 5.41) is 154. The zero-order valence-electron chi connectivity index (χ0n) is 55.7. The van der Waals surface area contributed by atoms with Crippen molar-refractivity contribution in [2.24, 2.45) is 0 Å². The molecular weight excluding hydrogens is 1350 g/mol. The van der Waals surface area contributed by atoms with E-state index in [1.807, 2.05) is 6.92 Å². The van der Waals surface area contributed by atoms with Gasteiger partial charge >= 0.3 is 64.8 Å². The van der Waals surface area contributed by atoms with Crippen LogP contribution < -0.4 is 0 Å². The zero-order chi connectivity index (χ0) is 77.3. The first kappa shape index (κ1) is 93.9. The molecule has 0 unspecified atom stereocenters. The van der Waals surface area contributed by atoms with Gasteiger partial charge in [0.2, 0.25) is 11.5 Å². The minimum atomic E-state index is -1.69. The molecule has 102 heavy (non-hydrogen) atoms. The van der Waals surface area contributed by atoms with Gasteiger partial charge in [0.15, 0.2) is 5.75 Å². The number of unbranched alkanes of at least 4 members (excludes halogenated alkanes) is 16. The fourth-order valence-corrected chi connectivity index (χ4v) is 8.04. The summed E-state index contributed by atoms with van der Waals surface area (Å²) in [4.78, 5) is 120. The number of nitrogens with zero attached hydrogens (tertiary/aromatic N) is 4. The number of non-ortho nitro benzene ring substituents is 1. The largest absolute Gasteiger partial charge is 0.508 e. The van der Waals surface area contributed by atoms with Gasteiger partial charge in [0.25, 0.3) is 5.69 Å². The molecule has 0 aromatic heterocycles. The quantitative estimate of drug-likeness (QED) is 0.0113. The van der Waals surface area contributed by atoms with E-state index < -0.39 is 119 Å². The van der Waals surface area contributed by atoms with Crippen LogP contribution in [0.4, 0.5) is 22.7 Å². The number of carboxylic acid groups (broad SMARTS) is 8. The van der Waals surface area contributed by atoms with Crippen LogP contribution in [-0.4, -0.2) is 134 Å². The van der Waals surface area contributed by atoms with E-state index in [9.17, 15) is 89.0 Å². The van der Waals surface area contributed by atoms with Gasteiger partial charge in [-0.1, -0.05) is 160 Å². The number of aliphatic carboxylic acids is 2. The second-order valence-corrected chi connectivity index (χ2v) is 21.5. The highest BCUT2D eigenvalue weighted by atomic mass is 16.6. The van der Waals surface area contributed by atoms with Gasteiger partial charge in [-0.2, -0.15) is 0 Å². The summed E-state index contributed by atoms with van der Waals surface area (Å²) in [6.07, 6.45) is 23.0. The molecule has 33 heteroatoms. The first-order chi connectivity index (χ1) is 47.4. The van der Waals surface area contributed by atoms with Crippen molar-refractivity contribution in [1.82, 2.24) is 0 Å². The summed E-state index contributed by atoms with van der Waals surface area (Å²) in [6, 6.07) is 24.3. The molecule has 33 nitrogen and oxygen atoms in total. The topological polar surface area (TPSA) is 572 Å². The Hall–Kier alpha value is -12.3. The maximum Gasteiger partial charge on any atom is 0.340 e. The summed E-state index contributed by atoms with van der Waals surface area (Å²) in [5.74, 6) is -11.4. The van der Waals surface area contributed by atoms with E-state index in [4.69, 9.17) is 56.2 Å². The van der Waals surface area contributed by atoms with Gasteiger partial charge in [-0.15, -0.1) is 0 Å². The number of aryl methyl sites for hydroxylation is 2. The van der Waals surface area contributed by atoms with Gasteiger partial charge in [-0.25, -0.2) is 28.8 Å². The van der Waals surface area contributed by atoms with E-state index in [1.54, 1.807) is 36.4 Å². The molecule has 0 saturated carbocycles. The number of nitro benzene ring substituents is 4. The van der Waals surface area contributed by atoms with Crippen molar-refractivity contribution in [3.05, 3.63) is 200 Å². The number of para-hydroxylation sites is 1. The minimum absolute atomic E-state index is 0. The average molecular weight is 1440 g/mol. The monoisotopic (exact) mass is 1440 g/mol. The maximum absolute atomic E-state index is 10.6. The highest BCUT2D eigenvalue weighted by Gasteiger charge is 2.27. The predicted octanol–water partition coefficient (Wildman–Crippen LogP) is 15.7. The maximum atomic E-state index is 10.6. The smallest absolute Gasteiger partial charge is 0.340 e. The highest BCUT2D eigenvalue weighted by molar-refractivity contribution is 5.94. The van der Waals surface area contributed by atoms with E-state index in [0.29, 0.717) is 36.1 Å². The third-order valence-corrected chi connectivity index (χ3v) is 13.3. The predicted molar refractivity (Wildman–Crippen MR) is 371 cm³/mol. The van der Waals surface area contributed by atoms with E-state index in [1.165, 1.54) is 139 Å². The van der Waals surface area contributed by atoms with Crippen LogP contribution in [0.5, 0.6) is 28.7 Å². The molecule has 558 valence electrons. The van der Waals surface area contributed by atoms with Crippen LogP contribution in [0.25, 0.3) is 0 Å². The van der Waals surface area contributed by atoms with Crippen molar-refractivity contribution in [3.8, 4) is 28.7 Å². The Bertz CT molecular complexity index is 3620. The number of hydrogen-bond donors (Lipinski definition) is 13. The Morgan fingerprint density at radius 2 is 0.706 bits per heavy atom. The van der Waals surface area contributed by atoms with Crippen LogP contribution in [-0.2, 0) is 9.59 Å². The van der Waals surface area contributed by atoms with E-state index in [0.717, 1.165) is 55.5 Å². The number of nitro groups is 4. The van der Waals surface area contributed by atoms with Crippen LogP contribution in [0.2, 0.25) is 0 Å². The van der Waals surface area contributed by atoms with Gasteiger partial charge in [0.1, 0.15) is 28.2 Å². The molecule has 0 atom stereocenters. The van der Waals surface area contributed by atoms with Crippen molar-refractivity contribution in [3.63, 3.8) is 0 Å². The third kappa shape index (κ3) is 41.7. The van der Waals surface area contributed by atoms with Crippen LogP contribution >= 0.6 is 0 Å². The molecule has 0 amide bonds. The molecule has 6 aromatic rings. The van der Waals surface area contributed by atoms with Crippen LogP contribution in [0.3, 0.4) is 0 Å². The molecule has 6 rings (SSSR count). The zero-order valence-corrected chi connectivity index (χ0v) is 55.7. The van der Waals surface area contributed by atoms with Gasteiger partial charge < -0.3 is 66.4 Å². The number of carbonyl (C=O) groups is 8. The number of benzene rings is 6. The summed E-state index contributed by atoms with van der Waals surface area (Å²) in [7, 11) is 0. The number of aromatic carboxylic acids is 6. The molecule has 0 aliphatic carbocycles. The molecule has 0 spiro atoms. The van der Waals surface area contributed by atoms with Crippen molar-refractivity contribution >= 4 is 70.5 Å². The van der Waals surface area contributed by atoms with E-state index >= 15 is 0 Å². The Labute approximate surface area is 585 Å². The van der Waals surface area contributed by atoms with Crippen LogP contribution in [0.15, 0.2) is 115 Å². The number of phenols is 5. The fraction of sp³-hybridized carbons (Fsp3) is 0.362. The van der Waals surface area contributed by atoms with Crippen LogP contribution in [0, 0.1) is 54.3 Å². The first-order valence-electron chi connectivity index (χ1n) is 31.0. The molecule has 0 fully saturated rings. The molecule has 0 saturated heterocycles. The molecule has 0 radical (unpaired) electrons. The fourth-order valence-electron chi connectivity index (χ4n) is 8.04. The van der Waals surface area contributed by atoms with Crippen LogP contribution in [0.1, 0.15) is 223 Å². The number of phenolic OH excluding ortho intramolecular Hbond substituents is 2. The second-order valence-electron chi connectivity index (χ2n) is 21.5. The lowest BCUT2D eigenvalue weighted by Gasteiger charge is -2.01. The molecule has 0 bridgehead atoms.